The summed E-state index contributed by atoms with van der Waals surface area (Å²) < 4.78 is 0. The van der Waals surface area contributed by atoms with Gasteiger partial charge in [0.25, 0.3) is 0 Å². The second-order valence-corrected chi connectivity index (χ2v) is 5.44. The van der Waals surface area contributed by atoms with E-state index in [1.807, 2.05) is 31.2 Å². The van der Waals surface area contributed by atoms with Crippen molar-refractivity contribution in [3.63, 3.8) is 0 Å². The minimum Gasteiger partial charge on any atom is -0.353 e. The fraction of sp³-hybridized carbons (Fsp3) is 0.250. The van der Waals surface area contributed by atoms with Crippen LogP contribution >= 0.6 is 0 Å². The first-order valence-electron chi connectivity index (χ1n) is 7.30. The zero-order chi connectivity index (χ0) is 16.4. The molecule has 1 amide bonds. The van der Waals surface area contributed by atoms with Crippen LogP contribution in [-0.4, -0.2) is 28.4 Å². The number of carbonyl (C=O) groups excluding carboxylic acids is 1. The zero-order valence-electron chi connectivity index (χ0n) is 12.6. The lowest BCUT2D eigenvalue weighted by atomic mass is 10.2. The first-order chi connectivity index (χ1) is 11.1. The van der Waals surface area contributed by atoms with E-state index in [2.05, 4.69) is 10.3 Å². The van der Waals surface area contributed by atoms with E-state index in [9.17, 15) is 14.9 Å². The summed E-state index contributed by atoms with van der Waals surface area (Å²) in [5.74, 6) is 0.0235. The molecule has 0 radical (unpaired) electrons. The van der Waals surface area contributed by atoms with Crippen molar-refractivity contribution in [1.82, 2.24) is 4.98 Å². The molecule has 0 aliphatic carbocycles. The number of benzene rings is 1. The minimum atomic E-state index is -0.509. The Morgan fingerprint density at radius 2 is 2.04 bits per heavy atom. The van der Waals surface area contributed by atoms with Crippen LogP contribution in [0.5, 0.6) is 0 Å². The summed E-state index contributed by atoms with van der Waals surface area (Å²) in [5, 5.41) is 13.9. The van der Waals surface area contributed by atoms with E-state index in [1.54, 1.807) is 4.90 Å². The molecule has 1 aliphatic heterocycles. The van der Waals surface area contributed by atoms with Gasteiger partial charge in [-0.05, 0) is 31.5 Å². The number of carbonyl (C=O) groups is 1. The first-order valence-corrected chi connectivity index (χ1v) is 7.30. The number of amides is 1. The van der Waals surface area contributed by atoms with Gasteiger partial charge in [0.2, 0.25) is 11.7 Å². The highest BCUT2D eigenvalue weighted by Gasteiger charge is 2.34. The molecule has 2 heterocycles. The van der Waals surface area contributed by atoms with E-state index >= 15 is 0 Å². The summed E-state index contributed by atoms with van der Waals surface area (Å²) in [7, 11) is 0. The maximum absolute atomic E-state index is 12.5. The van der Waals surface area contributed by atoms with Crippen LogP contribution in [0.25, 0.3) is 0 Å². The Bertz CT molecular complexity index is 745. The molecule has 2 aromatic rings. The maximum Gasteiger partial charge on any atom is 0.311 e. The van der Waals surface area contributed by atoms with Gasteiger partial charge < -0.3 is 10.2 Å². The number of nitro groups is 1. The van der Waals surface area contributed by atoms with Crippen LogP contribution in [0.2, 0.25) is 0 Å². The number of aromatic nitrogens is 1. The van der Waals surface area contributed by atoms with Gasteiger partial charge in [0.15, 0.2) is 0 Å². The van der Waals surface area contributed by atoms with E-state index in [-0.39, 0.29) is 17.4 Å². The highest BCUT2D eigenvalue weighted by molar-refractivity contribution is 6.01. The summed E-state index contributed by atoms with van der Waals surface area (Å²) >= 11 is 0. The van der Waals surface area contributed by atoms with Crippen molar-refractivity contribution < 1.29 is 9.72 Å². The normalized spacial score (nSPS) is 17.3. The molecular weight excluding hydrogens is 296 g/mol. The van der Waals surface area contributed by atoms with E-state index in [1.165, 1.54) is 18.3 Å². The minimum absolute atomic E-state index is 0.103. The second-order valence-electron chi connectivity index (χ2n) is 5.44. The van der Waals surface area contributed by atoms with Crippen molar-refractivity contribution in [3.8, 4) is 0 Å². The van der Waals surface area contributed by atoms with Gasteiger partial charge >= 0.3 is 5.69 Å². The van der Waals surface area contributed by atoms with Crippen molar-refractivity contribution in [2.24, 2.45) is 0 Å². The molecule has 0 bridgehead atoms. The van der Waals surface area contributed by atoms with Crippen LogP contribution in [0.15, 0.2) is 42.6 Å². The third kappa shape index (κ3) is 2.98. The number of hydrogen-bond donors (Lipinski definition) is 1. The number of pyridine rings is 1. The summed E-state index contributed by atoms with van der Waals surface area (Å²) in [6.07, 6.45) is 2.03. The van der Waals surface area contributed by atoms with Crippen LogP contribution in [0.1, 0.15) is 12.0 Å². The number of nitrogens with one attached hydrogen (secondary N) is 1. The first kappa shape index (κ1) is 15.0. The third-order valence-corrected chi connectivity index (χ3v) is 3.85. The topological polar surface area (TPSA) is 88.4 Å². The van der Waals surface area contributed by atoms with E-state index < -0.39 is 11.0 Å². The molecule has 118 valence electrons. The Balaban J connectivity index is 1.78. The molecule has 1 atom stereocenters. The average molecular weight is 312 g/mol. The van der Waals surface area contributed by atoms with Crippen LogP contribution in [0, 0.1) is 17.0 Å². The van der Waals surface area contributed by atoms with Crippen molar-refractivity contribution >= 4 is 23.1 Å². The highest BCUT2D eigenvalue weighted by atomic mass is 16.6. The van der Waals surface area contributed by atoms with Gasteiger partial charge in [-0.25, -0.2) is 4.98 Å². The Morgan fingerprint density at radius 1 is 1.30 bits per heavy atom. The van der Waals surface area contributed by atoms with Gasteiger partial charge in [0.1, 0.15) is 6.04 Å². The van der Waals surface area contributed by atoms with Gasteiger partial charge in [-0.1, -0.05) is 17.7 Å². The average Bonchev–Trinajstić information content (AvgIpc) is 2.90. The van der Waals surface area contributed by atoms with E-state index in [0.717, 1.165) is 11.3 Å². The predicted octanol–water partition coefficient (Wildman–Crippen LogP) is 2.52. The smallest absolute Gasteiger partial charge is 0.311 e. The Morgan fingerprint density at radius 3 is 2.74 bits per heavy atom. The molecule has 7 heteroatoms. The molecular formula is C16H16N4O3. The van der Waals surface area contributed by atoms with Crippen LogP contribution in [0.4, 0.5) is 17.2 Å². The van der Waals surface area contributed by atoms with Crippen LogP contribution in [0.3, 0.4) is 0 Å². The Hall–Kier alpha value is -2.96. The standard InChI is InChI=1S/C16H16N4O3/c1-11-4-6-12(7-5-11)19-10-8-13(16(19)21)18-15-14(20(22)23)3-2-9-17-15/h2-7,9,13H,8,10H2,1H3,(H,17,18). The Kier molecular flexibility index (Phi) is 3.92. The van der Waals surface area contributed by atoms with Crippen molar-refractivity contribution in [2.75, 3.05) is 16.8 Å². The predicted molar refractivity (Wildman–Crippen MR) is 86.5 cm³/mol. The molecule has 0 saturated carbocycles. The second kappa shape index (κ2) is 6.04. The fourth-order valence-electron chi connectivity index (χ4n) is 2.62. The quantitative estimate of drug-likeness (QED) is 0.692. The Labute approximate surface area is 133 Å². The lowest BCUT2D eigenvalue weighted by Crippen LogP contribution is -2.33. The number of rotatable bonds is 4. The van der Waals surface area contributed by atoms with Crippen molar-refractivity contribution in [2.45, 2.75) is 19.4 Å². The summed E-state index contributed by atoms with van der Waals surface area (Å²) in [6, 6.07) is 10.1. The van der Waals surface area contributed by atoms with Gasteiger partial charge in [0, 0.05) is 24.5 Å². The molecule has 3 rings (SSSR count). The summed E-state index contributed by atoms with van der Waals surface area (Å²) in [5.41, 5.74) is 1.83. The molecule has 23 heavy (non-hydrogen) atoms. The number of nitrogens with zero attached hydrogens (tertiary/aromatic N) is 3. The number of anilines is 2. The summed E-state index contributed by atoms with van der Waals surface area (Å²) in [4.78, 5) is 28.7. The molecule has 1 saturated heterocycles. The van der Waals surface area contributed by atoms with Crippen molar-refractivity contribution in [1.29, 1.82) is 0 Å². The van der Waals surface area contributed by atoms with E-state index in [4.69, 9.17) is 0 Å². The molecule has 1 N–H and O–H groups in total. The fourth-order valence-corrected chi connectivity index (χ4v) is 2.62. The molecule has 1 unspecified atom stereocenters. The third-order valence-electron chi connectivity index (χ3n) is 3.85. The summed E-state index contributed by atoms with van der Waals surface area (Å²) in [6.45, 7) is 2.56. The van der Waals surface area contributed by atoms with Gasteiger partial charge in [-0.15, -0.1) is 0 Å². The van der Waals surface area contributed by atoms with Gasteiger partial charge in [-0.2, -0.15) is 0 Å². The number of aryl methyl sites for hydroxylation is 1. The monoisotopic (exact) mass is 312 g/mol. The van der Waals surface area contributed by atoms with Crippen LogP contribution in [-0.2, 0) is 4.79 Å². The maximum atomic E-state index is 12.5. The van der Waals surface area contributed by atoms with E-state index in [0.29, 0.717) is 13.0 Å². The SMILES string of the molecule is Cc1ccc(N2CCC(Nc3ncccc3[N+](=O)[O-])C2=O)cc1. The van der Waals surface area contributed by atoms with Crippen molar-refractivity contribution in [3.05, 3.63) is 58.3 Å². The molecule has 1 aliphatic rings. The lowest BCUT2D eigenvalue weighted by Gasteiger charge is -2.17. The molecule has 1 aromatic heterocycles. The largest absolute Gasteiger partial charge is 0.353 e. The molecule has 1 fully saturated rings. The van der Waals surface area contributed by atoms with Crippen LogP contribution < -0.4 is 10.2 Å². The molecule has 0 spiro atoms. The number of hydrogen-bond acceptors (Lipinski definition) is 5. The van der Waals surface area contributed by atoms with Gasteiger partial charge in [0.05, 0.1) is 4.92 Å². The highest BCUT2D eigenvalue weighted by Crippen LogP contribution is 2.26. The molecule has 1 aromatic carbocycles. The van der Waals surface area contributed by atoms with Gasteiger partial charge in [-0.3, -0.25) is 14.9 Å². The zero-order valence-corrected chi connectivity index (χ0v) is 12.6. The molecule has 7 nitrogen and oxygen atoms in total. The lowest BCUT2D eigenvalue weighted by molar-refractivity contribution is -0.384.